The van der Waals surface area contributed by atoms with Crippen LogP contribution < -0.4 is 5.32 Å². The lowest BCUT2D eigenvalue weighted by atomic mass is 10.3. The summed E-state index contributed by atoms with van der Waals surface area (Å²) in [5.41, 5.74) is 0. The number of nitrogens with one attached hydrogen (secondary N) is 1. The molecule has 0 spiro atoms. The van der Waals surface area contributed by atoms with E-state index in [2.05, 4.69) is 4.74 Å². The highest BCUT2D eigenvalue weighted by molar-refractivity contribution is 5.84. The molecular formula is C8H5F10NO3. The van der Waals surface area contributed by atoms with Gasteiger partial charge >= 0.3 is 30.2 Å². The zero-order chi connectivity index (χ0) is 18.0. The lowest BCUT2D eigenvalue weighted by Gasteiger charge is -2.19. The fourth-order valence-electron chi connectivity index (χ4n) is 0.754. The average Bonchev–Trinajstić information content (AvgIpc) is 2.30. The normalized spacial score (nSPS) is 13.7. The molecule has 0 radical (unpaired) electrons. The topological polar surface area (TPSA) is 55.4 Å². The zero-order valence-electron chi connectivity index (χ0n) is 9.92. The lowest BCUT2D eigenvalue weighted by molar-refractivity contribution is -0.280. The standard InChI is InChI=1S/C8H5F10NO3/c9-5(10,7(13,14)15)3(20)19-1-2-22-4(21)6(11,12)8(16,17)18/h1-2H2,(H,19,20). The molecule has 0 aromatic carbocycles. The Balaban J connectivity index is 4.42. The van der Waals surface area contributed by atoms with Crippen molar-refractivity contribution in [1.82, 2.24) is 5.32 Å². The van der Waals surface area contributed by atoms with Crippen molar-refractivity contribution in [1.29, 1.82) is 0 Å². The molecule has 0 unspecified atom stereocenters. The fourth-order valence-corrected chi connectivity index (χ4v) is 0.754. The molecule has 0 aromatic rings. The summed E-state index contributed by atoms with van der Waals surface area (Å²) in [5.74, 6) is -17.7. The van der Waals surface area contributed by atoms with Gasteiger partial charge in [-0.1, -0.05) is 0 Å². The second kappa shape index (κ2) is 6.16. The smallest absolute Gasteiger partial charge is 0.459 e. The first kappa shape index (κ1) is 20.2. The molecule has 1 amide bonds. The molecule has 22 heavy (non-hydrogen) atoms. The summed E-state index contributed by atoms with van der Waals surface area (Å²) in [7, 11) is 0. The third kappa shape index (κ3) is 4.37. The van der Waals surface area contributed by atoms with Crippen molar-refractivity contribution in [2.75, 3.05) is 13.2 Å². The van der Waals surface area contributed by atoms with E-state index in [4.69, 9.17) is 0 Å². The van der Waals surface area contributed by atoms with E-state index in [9.17, 15) is 53.5 Å². The Morgan fingerprint density at radius 1 is 0.773 bits per heavy atom. The van der Waals surface area contributed by atoms with Crippen LogP contribution in [0, 0.1) is 0 Å². The van der Waals surface area contributed by atoms with Crippen LogP contribution in [0.5, 0.6) is 0 Å². The number of alkyl halides is 10. The Morgan fingerprint density at radius 3 is 1.55 bits per heavy atom. The molecule has 14 heteroatoms. The molecule has 130 valence electrons. The SMILES string of the molecule is O=C(NCCOC(=O)C(F)(F)C(F)(F)F)C(F)(F)C(F)(F)F. The van der Waals surface area contributed by atoms with Gasteiger partial charge in [0, 0.05) is 0 Å². The maximum Gasteiger partial charge on any atom is 0.465 e. The number of esters is 1. The number of amides is 1. The predicted octanol–water partition coefficient (Wildman–Crippen LogP) is 2.04. The second-order valence-corrected chi connectivity index (χ2v) is 3.54. The van der Waals surface area contributed by atoms with Gasteiger partial charge in [-0.25, -0.2) is 4.79 Å². The molecular weight excluding hydrogens is 348 g/mol. The molecule has 0 saturated heterocycles. The van der Waals surface area contributed by atoms with Gasteiger partial charge in [0.05, 0.1) is 6.54 Å². The molecule has 0 heterocycles. The van der Waals surface area contributed by atoms with Gasteiger partial charge in [-0.3, -0.25) is 4.79 Å². The molecule has 0 fully saturated rings. The van der Waals surface area contributed by atoms with Gasteiger partial charge in [0.15, 0.2) is 0 Å². The third-order valence-electron chi connectivity index (χ3n) is 1.87. The van der Waals surface area contributed by atoms with E-state index in [1.54, 1.807) is 0 Å². The van der Waals surface area contributed by atoms with Crippen LogP contribution in [0.2, 0.25) is 0 Å². The van der Waals surface area contributed by atoms with Crippen LogP contribution in [0.4, 0.5) is 43.9 Å². The monoisotopic (exact) mass is 353 g/mol. The van der Waals surface area contributed by atoms with Gasteiger partial charge in [0.2, 0.25) is 0 Å². The number of hydrogen-bond acceptors (Lipinski definition) is 3. The van der Waals surface area contributed by atoms with Crippen molar-refractivity contribution < 1.29 is 58.2 Å². The van der Waals surface area contributed by atoms with E-state index in [1.807, 2.05) is 0 Å². The van der Waals surface area contributed by atoms with E-state index < -0.39 is 49.2 Å². The summed E-state index contributed by atoms with van der Waals surface area (Å²) in [6.45, 7) is -2.83. The molecule has 0 saturated carbocycles. The summed E-state index contributed by atoms with van der Waals surface area (Å²) >= 11 is 0. The second-order valence-electron chi connectivity index (χ2n) is 3.54. The Kier molecular flexibility index (Phi) is 5.67. The molecule has 0 atom stereocenters. The highest BCUT2D eigenvalue weighted by Crippen LogP contribution is 2.36. The first-order valence-corrected chi connectivity index (χ1v) is 4.89. The minimum atomic E-state index is -6.28. The fraction of sp³-hybridized carbons (Fsp3) is 0.750. The van der Waals surface area contributed by atoms with Crippen LogP contribution in [0.25, 0.3) is 0 Å². The predicted molar refractivity (Wildman–Crippen MR) is 46.0 cm³/mol. The molecule has 4 nitrogen and oxygen atoms in total. The highest BCUT2D eigenvalue weighted by Gasteiger charge is 2.65. The maximum absolute atomic E-state index is 12.3. The van der Waals surface area contributed by atoms with E-state index in [1.165, 1.54) is 0 Å². The maximum atomic E-state index is 12.3. The van der Waals surface area contributed by atoms with Gasteiger partial charge in [-0.15, -0.1) is 0 Å². The van der Waals surface area contributed by atoms with Gasteiger partial charge in [-0.2, -0.15) is 43.9 Å². The molecule has 0 bridgehead atoms. The number of carbonyl (C=O) groups is 2. The number of halogens is 10. The van der Waals surface area contributed by atoms with Gasteiger partial charge in [-0.05, 0) is 0 Å². The summed E-state index contributed by atoms with van der Waals surface area (Å²) in [6, 6.07) is 0. The number of ether oxygens (including phenoxy) is 1. The third-order valence-corrected chi connectivity index (χ3v) is 1.87. The van der Waals surface area contributed by atoms with Crippen molar-refractivity contribution in [2.45, 2.75) is 24.2 Å². The summed E-state index contributed by atoms with van der Waals surface area (Å²) in [6.07, 6.45) is -12.5. The van der Waals surface area contributed by atoms with Crippen LogP contribution in [-0.2, 0) is 14.3 Å². The minimum absolute atomic E-state index is 0.863. The number of hydrogen-bond donors (Lipinski definition) is 1. The van der Waals surface area contributed by atoms with Crippen LogP contribution in [0.1, 0.15) is 0 Å². The first-order chi connectivity index (χ1) is 9.55. The first-order valence-electron chi connectivity index (χ1n) is 4.89. The van der Waals surface area contributed by atoms with Crippen molar-refractivity contribution in [3.63, 3.8) is 0 Å². The van der Waals surface area contributed by atoms with Crippen molar-refractivity contribution in [2.24, 2.45) is 0 Å². The van der Waals surface area contributed by atoms with E-state index in [0.717, 1.165) is 5.32 Å². The molecule has 0 aliphatic rings. The number of carbonyl (C=O) groups excluding carboxylic acids is 2. The Hall–Kier alpha value is -1.76. The average molecular weight is 353 g/mol. The largest absolute Gasteiger partial charge is 0.465 e. The zero-order valence-corrected chi connectivity index (χ0v) is 9.92. The van der Waals surface area contributed by atoms with Gasteiger partial charge in [0.25, 0.3) is 5.91 Å². The van der Waals surface area contributed by atoms with E-state index in [0.29, 0.717) is 0 Å². The molecule has 0 aliphatic heterocycles. The minimum Gasteiger partial charge on any atom is -0.459 e. The van der Waals surface area contributed by atoms with Crippen molar-refractivity contribution in [3.8, 4) is 0 Å². The molecule has 0 rings (SSSR count). The molecule has 0 aromatic heterocycles. The highest BCUT2D eigenvalue weighted by atomic mass is 19.4. The van der Waals surface area contributed by atoms with Crippen LogP contribution in [0.3, 0.4) is 0 Å². The molecule has 1 N–H and O–H groups in total. The van der Waals surface area contributed by atoms with Crippen molar-refractivity contribution >= 4 is 11.9 Å². The lowest BCUT2D eigenvalue weighted by Crippen LogP contribution is -2.51. The Labute approximate surface area is 114 Å². The summed E-state index contributed by atoms with van der Waals surface area (Å²) in [5, 5.41) is 0.863. The quantitative estimate of drug-likeness (QED) is 0.468. The van der Waals surface area contributed by atoms with Gasteiger partial charge in [0.1, 0.15) is 6.61 Å². The number of rotatable bonds is 5. The Bertz CT molecular complexity index is 387. The van der Waals surface area contributed by atoms with E-state index >= 15 is 0 Å². The van der Waals surface area contributed by atoms with Crippen LogP contribution in [0.15, 0.2) is 0 Å². The van der Waals surface area contributed by atoms with Gasteiger partial charge < -0.3 is 10.1 Å². The Morgan fingerprint density at radius 2 is 1.18 bits per heavy atom. The summed E-state index contributed by atoms with van der Waals surface area (Å²) in [4.78, 5) is 20.8. The molecule has 0 aliphatic carbocycles. The van der Waals surface area contributed by atoms with Crippen LogP contribution >= 0.6 is 0 Å². The summed E-state index contributed by atoms with van der Waals surface area (Å²) < 4.78 is 123. The van der Waals surface area contributed by atoms with E-state index in [-0.39, 0.29) is 0 Å². The van der Waals surface area contributed by atoms with Crippen molar-refractivity contribution in [3.05, 3.63) is 0 Å². The van der Waals surface area contributed by atoms with Crippen LogP contribution in [-0.4, -0.2) is 49.2 Å².